The number of benzene rings is 1. The number of halogens is 1. The number of nitrogens with zero attached hydrogens (tertiary/aromatic N) is 5. The zero-order valence-electron chi connectivity index (χ0n) is 15.1. The standard InChI is InChI=1S/C16H9FN4OS.C3H7NO/c17-11-2-4-12(5-3-11)22-15-8-13(10-21-14(15)9-18)23-16-19-6-1-7-20-16;1-4(2)3-5/h1-8,10H;3H,1-2H3. The van der Waals surface area contributed by atoms with Crippen LogP contribution in [0.3, 0.4) is 0 Å². The van der Waals surface area contributed by atoms with Crippen LogP contribution in [0.2, 0.25) is 0 Å². The maximum Gasteiger partial charge on any atom is 0.209 e. The third-order valence-corrected chi connectivity index (χ3v) is 3.79. The number of hydrogen-bond donors (Lipinski definition) is 0. The fraction of sp³-hybridized carbons (Fsp3) is 0.105. The summed E-state index contributed by atoms with van der Waals surface area (Å²) in [6.07, 6.45) is 5.59. The van der Waals surface area contributed by atoms with Crippen molar-refractivity contribution < 1.29 is 13.9 Å². The van der Waals surface area contributed by atoms with Crippen LogP contribution in [0.1, 0.15) is 5.69 Å². The first-order valence-electron chi connectivity index (χ1n) is 7.92. The summed E-state index contributed by atoms with van der Waals surface area (Å²) in [4.78, 5) is 23.9. The number of pyridine rings is 1. The Hall–Kier alpha value is -3.51. The van der Waals surface area contributed by atoms with Crippen molar-refractivity contribution in [2.75, 3.05) is 14.1 Å². The van der Waals surface area contributed by atoms with Crippen molar-refractivity contribution in [1.29, 1.82) is 5.26 Å². The first kappa shape index (κ1) is 20.8. The van der Waals surface area contributed by atoms with Gasteiger partial charge in [-0.1, -0.05) is 0 Å². The average molecular weight is 397 g/mol. The average Bonchev–Trinajstić information content (AvgIpc) is 2.71. The highest BCUT2D eigenvalue weighted by Crippen LogP contribution is 2.31. The van der Waals surface area contributed by atoms with Gasteiger partial charge in [0.2, 0.25) is 6.41 Å². The molecule has 0 aliphatic carbocycles. The Kier molecular flexibility index (Phi) is 7.87. The Labute approximate surface area is 165 Å². The highest BCUT2D eigenvalue weighted by atomic mass is 32.2. The molecule has 0 saturated carbocycles. The third-order valence-electron chi connectivity index (χ3n) is 2.94. The number of carbonyl (C=O) groups excluding carboxylic acids is 1. The third kappa shape index (κ3) is 6.66. The van der Waals surface area contributed by atoms with Crippen LogP contribution in [0.4, 0.5) is 4.39 Å². The lowest BCUT2D eigenvalue weighted by Gasteiger charge is -2.08. The predicted octanol–water partition coefficient (Wildman–Crippen LogP) is 3.53. The van der Waals surface area contributed by atoms with Crippen molar-refractivity contribution in [3.8, 4) is 17.6 Å². The Balaban J connectivity index is 0.000000500. The molecule has 0 atom stereocenters. The highest BCUT2D eigenvalue weighted by Gasteiger charge is 2.10. The summed E-state index contributed by atoms with van der Waals surface area (Å²) >= 11 is 1.30. The number of aromatic nitrogens is 3. The van der Waals surface area contributed by atoms with Crippen molar-refractivity contribution in [3.05, 3.63) is 66.5 Å². The van der Waals surface area contributed by atoms with Crippen molar-refractivity contribution in [1.82, 2.24) is 19.9 Å². The van der Waals surface area contributed by atoms with Gasteiger partial charge in [-0.25, -0.2) is 19.3 Å². The molecule has 0 unspecified atom stereocenters. The topological polar surface area (TPSA) is 92.0 Å². The minimum Gasteiger partial charge on any atom is -0.454 e. The van der Waals surface area contributed by atoms with Crippen LogP contribution in [0.25, 0.3) is 0 Å². The van der Waals surface area contributed by atoms with E-state index in [4.69, 9.17) is 10.00 Å². The maximum atomic E-state index is 12.9. The lowest BCUT2D eigenvalue weighted by Crippen LogP contribution is -2.06. The van der Waals surface area contributed by atoms with Gasteiger partial charge in [0, 0.05) is 37.6 Å². The second kappa shape index (κ2) is 10.6. The van der Waals surface area contributed by atoms with Crippen molar-refractivity contribution in [3.63, 3.8) is 0 Å². The maximum absolute atomic E-state index is 12.9. The molecule has 0 N–H and O–H groups in total. The van der Waals surface area contributed by atoms with Crippen LogP contribution in [0.5, 0.6) is 11.5 Å². The smallest absolute Gasteiger partial charge is 0.209 e. The van der Waals surface area contributed by atoms with Gasteiger partial charge in [0.25, 0.3) is 0 Å². The molecule has 0 fully saturated rings. The van der Waals surface area contributed by atoms with E-state index in [1.54, 1.807) is 44.8 Å². The molecule has 28 heavy (non-hydrogen) atoms. The zero-order valence-corrected chi connectivity index (χ0v) is 15.9. The lowest BCUT2D eigenvalue weighted by atomic mass is 10.3. The summed E-state index contributed by atoms with van der Waals surface area (Å²) in [5, 5.41) is 9.70. The molecular formula is C19H16FN5O2S. The fourth-order valence-corrected chi connectivity index (χ4v) is 2.43. The zero-order chi connectivity index (χ0) is 20.4. The number of rotatable bonds is 5. The SMILES string of the molecule is CN(C)C=O.N#Cc1ncc(Sc2ncccn2)cc1Oc1ccc(F)cc1. The van der Waals surface area contributed by atoms with E-state index in [1.165, 1.54) is 40.9 Å². The van der Waals surface area contributed by atoms with E-state index in [1.807, 2.05) is 6.07 Å². The van der Waals surface area contributed by atoms with E-state index in [0.29, 0.717) is 16.7 Å². The minimum absolute atomic E-state index is 0.146. The molecule has 3 aromatic rings. The van der Waals surface area contributed by atoms with Gasteiger partial charge in [0.05, 0.1) is 0 Å². The Bertz CT molecular complexity index is 947. The Morgan fingerprint density at radius 3 is 2.39 bits per heavy atom. The molecule has 142 valence electrons. The highest BCUT2D eigenvalue weighted by molar-refractivity contribution is 7.99. The monoisotopic (exact) mass is 397 g/mol. The van der Waals surface area contributed by atoms with E-state index in [9.17, 15) is 9.18 Å². The van der Waals surface area contributed by atoms with E-state index in [2.05, 4.69) is 15.0 Å². The van der Waals surface area contributed by atoms with Crippen molar-refractivity contribution in [2.24, 2.45) is 0 Å². The van der Waals surface area contributed by atoms with Gasteiger partial charge in [-0.2, -0.15) is 5.26 Å². The van der Waals surface area contributed by atoms with Crippen LogP contribution < -0.4 is 4.74 Å². The second-order valence-corrected chi connectivity index (χ2v) is 6.43. The number of carbonyl (C=O) groups is 1. The summed E-state index contributed by atoms with van der Waals surface area (Å²) < 4.78 is 18.6. The largest absolute Gasteiger partial charge is 0.454 e. The Morgan fingerprint density at radius 1 is 1.18 bits per heavy atom. The number of hydrogen-bond acceptors (Lipinski definition) is 7. The van der Waals surface area contributed by atoms with Gasteiger partial charge < -0.3 is 9.64 Å². The van der Waals surface area contributed by atoms with E-state index in [0.717, 1.165) is 11.3 Å². The van der Waals surface area contributed by atoms with Crippen molar-refractivity contribution in [2.45, 2.75) is 10.1 Å². The van der Waals surface area contributed by atoms with Crippen LogP contribution >= 0.6 is 11.8 Å². The summed E-state index contributed by atoms with van der Waals surface area (Å²) in [5.41, 5.74) is 0.146. The molecule has 0 radical (unpaired) electrons. The predicted molar refractivity (Wildman–Crippen MR) is 101 cm³/mol. The molecule has 7 nitrogen and oxygen atoms in total. The quantitative estimate of drug-likeness (QED) is 0.480. The first-order chi connectivity index (χ1) is 13.5. The van der Waals surface area contributed by atoms with E-state index in [-0.39, 0.29) is 11.5 Å². The minimum atomic E-state index is -0.360. The molecule has 2 heterocycles. The summed E-state index contributed by atoms with van der Waals surface area (Å²) in [5.74, 6) is 0.351. The summed E-state index contributed by atoms with van der Waals surface area (Å²) in [7, 11) is 3.38. The van der Waals surface area contributed by atoms with Crippen LogP contribution in [-0.2, 0) is 4.79 Å². The first-order valence-corrected chi connectivity index (χ1v) is 8.73. The van der Waals surface area contributed by atoms with Crippen LogP contribution in [-0.4, -0.2) is 40.4 Å². The molecule has 3 rings (SSSR count). The fourth-order valence-electron chi connectivity index (χ4n) is 1.72. The molecule has 0 spiro atoms. The molecule has 1 amide bonds. The summed E-state index contributed by atoms with van der Waals surface area (Å²) in [6, 6.07) is 10.9. The summed E-state index contributed by atoms with van der Waals surface area (Å²) in [6.45, 7) is 0. The van der Waals surface area contributed by atoms with Gasteiger partial charge in [-0.05, 0) is 48.2 Å². The van der Waals surface area contributed by atoms with Gasteiger partial charge in [-0.3, -0.25) is 4.79 Å². The molecule has 0 saturated heterocycles. The van der Waals surface area contributed by atoms with Gasteiger partial charge in [0.1, 0.15) is 17.6 Å². The van der Waals surface area contributed by atoms with E-state index >= 15 is 0 Å². The number of nitriles is 1. The van der Waals surface area contributed by atoms with Crippen LogP contribution in [0.15, 0.2) is 65.0 Å². The molecular weight excluding hydrogens is 381 g/mol. The second-order valence-electron chi connectivity index (χ2n) is 5.39. The molecule has 9 heteroatoms. The molecule has 1 aromatic carbocycles. The molecule has 0 aliphatic rings. The van der Waals surface area contributed by atoms with E-state index < -0.39 is 0 Å². The van der Waals surface area contributed by atoms with Gasteiger partial charge >= 0.3 is 0 Å². The Morgan fingerprint density at radius 2 is 1.82 bits per heavy atom. The van der Waals surface area contributed by atoms with Gasteiger partial charge in [0.15, 0.2) is 16.6 Å². The lowest BCUT2D eigenvalue weighted by molar-refractivity contribution is -0.115. The molecule has 0 aliphatic heterocycles. The number of ether oxygens (including phenoxy) is 1. The normalized spacial score (nSPS) is 9.50. The molecule has 0 bridgehead atoms. The molecule has 2 aromatic heterocycles. The van der Waals surface area contributed by atoms with Crippen molar-refractivity contribution >= 4 is 18.2 Å². The number of amides is 1. The van der Waals surface area contributed by atoms with Crippen LogP contribution in [0, 0.1) is 17.1 Å². The van der Waals surface area contributed by atoms with Gasteiger partial charge in [-0.15, -0.1) is 0 Å².